The number of hydrogen-bond acceptors (Lipinski definition) is 4. The number of aryl methyl sites for hydroxylation is 1. The molecule has 2 N–H and O–H groups in total. The van der Waals surface area contributed by atoms with Gasteiger partial charge < -0.3 is 10.0 Å². The number of hydrogen-bond donors (Lipinski definition) is 2. The van der Waals surface area contributed by atoms with Crippen LogP contribution in [0.15, 0.2) is 6.20 Å². The first-order chi connectivity index (χ1) is 6.29. The smallest absolute Gasteiger partial charge is 0.0825 e. The predicted octanol–water partition coefficient (Wildman–Crippen LogP) is -0.0926. The van der Waals surface area contributed by atoms with Gasteiger partial charge in [-0.2, -0.15) is 15.4 Å². The summed E-state index contributed by atoms with van der Waals surface area (Å²) in [5.41, 5.74) is 1.05. The van der Waals surface area contributed by atoms with Crippen molar-refractivity contribution in [2.75, 3.05) is 27.7 Å². The highest BCUT2D eigenvalue weighted by molar-refractivity contribution is 4.89. The monoisotopic (exact) mass is 186 g/mol. The Bertz CT molecular complexity index is 186. The summed E-state index contributed by atoms with van der Waals surface area (Å²) in [6.07, 6.45) is 3.92. The molecule has 0 unspecified atom stereocenters. The molecule has 0 aliphatic heterocycles. The molecule has 0 saturated carbocycles. The molecule has 0 amide bonds. The summed E-state index contributed by atoms with van der Waals surface area (Å²) in [5.74, 6) is 0. The number of H-pyrrole nitrogens is 1. The number of aliphatic hydroxyl groups excluding tert-OH is 1. The quantitative estimate of drug-likeness (QED) is 0.689. The fourth-order valence-electron chi connectivity index (χ4n) is 0.922. The van der Waals surface area contributed by atoms with Crippen molar-refractivity contribution in [2.24, 2.45) is 0 Å². The van der Waals surface area contributed by atoms with Crippen molar-refractivity contribution in [3.05, 3.63) is 11.9 Å². The van der Waals surface area contributed by atoms with E-state index in [2.05, 4.69) is 34.4 Å². The molecule has 1 aromatic heterocycles. The summed E-state index contributed by atoms with van der Waals surface area (Å²) in [6, 6.07) is 0. The van der Waals surface area contributed by atoms with Crippen LogP contribution in [0.1, 0.15) is 12.1 Å². The van der Waals surface area contributed by atoms with Crippen molar-refractivity contribution in [3.63, 3.8) is 0 Å². The van der Waals surface area contributed by atoms with Gasteiger partial charge in [-0.1, -0.05) is 0 Å². The molecule has 0 atom stereocenters. The molecule has 1 rings (SSSR count). The highest BCUT2D eigenvalue weighted by Gasteiger charge is 1.95. The van der Waals surface area contributed by atoms with Crippen LogP contribution in [0.25, 0.3) is 0 Å². The fourth-order valence-corrected chi connectivity index (χ4v) is 0.922. The van der Waals surface area contributed by atoms with E-state index in [9.17, 15) is 0 Å². The molecular weight excluding hydrogens is 168 g/mol. The van der Waals surface area contributed by atoms with Crippen LogP contribution in [0.2, 0.25) is 0 Å². The van der Waals surface area contributed by atoms with Crippen LogP contribution in [0.5, 0.6) is 0 Å². The Labute approximate surface area is 78.8 Å². The average Bonchev–Trinajstić information content (AvgIpc) is 2.60. The Balaban J connectivity index is 0.000000671. The van der Waals surface area contributed by atoms with Crippen LogP contribution < -0.4 is 0 Å². The molecule has 76 valence electrons. The maximum Gasteiger partial charge on any atom is 0.0825 e. The van der Waals surface area contributed by atoms with Gasteiger partial charge in [-0.3, -0.25) is 0 Å². The van der Waals surface area contributed by atoms with Gasteiger partial charge in [0.2, 0.25) is 0 Å². The van der Waals surface area contributed by atoms with Crippen molar-refractivity contribution in [2.45, 2.75) is 12.8 Å². The molecular formula is C8H18N4O. The van der Waals surface area contributed by atoms with Gasteiger partial charge in [-0.05, 0) is 33.5 Å². The molecule has 1 heterocycles. The Kier molecular flexibility index (Phi) is 7.14. The Hall–Kier alpha value is -0.940. The van der Waals surface area contributed by atoms with Gasteiger partial charge in [0.05, 0.1) is 11.9 Å². The van der Waals surface area contributed by atoms with Crippen molar-refractivity contribution < 1.29 is 5.11 Å². The van der Waals surface area contributed by atoms with Crippen LogP contribution >= 0.6 is 0 Å². The predicted molar refractivity (Wildman–Crippen MR) is 51.4 cm³/mol. The van der Waals surface area contributed by atoms with Crippen LogP contribution in [-0.2, 0) is 6.42 Å². The van der Waals surface area contributed by atoms with Crippen LogP contribution in [0.3, 0.4) is 0 Å². The topological polar surface area (TPSA) is 65.0 Å². The van der Waals surface area contributed by atoms with Gasteiger partial charge in [0.1, 0.15) is 0 Å². The third kappa shape index (κ3) is 6.24. The van der Waals surface area contributed by atoms with Gasteiger partial charge in [-0.15, -0.1) is 0 Å². The molecule has 5 heteroatoms. The Morgan fingerprint density at radius 3 is 2.62 bits per heavy atom. The summed E-state index contributed by atoms with van der Waals surface area (Å²) in [7, 11) is 5.14. The minimum Gasteiger partial charge on any atom is -0.400 e. The zero-order chi connectivity index (χ0) is 10.1. The van der Waals surface area contributed by atoms with E-state index >= 15 is 0 Å². The van der Waals surface area contributed by atoms with E-state index in [1.807, 2.05) is 0 Å². The highest BCUT2D eigenvalue weighted by atomic mass is 16.2. The lowest BCUT2D eigenvalue weighted by Crippen LogP contribution is -2.13. The normalized spacial score (nSPS) is 9.62. The maximum atomic E-state index is 7.00. The number of nitrogens with zero attached hydrogens (tertiary/aromatic N) is 3. The summed E-state index contributed by atoms with van der Waals surface area (Å²) in [6.45, 7) is 1.10. The van der Waals surface area contributed by atoms with E-state index in [1.54, 1.807) is 6.20 Å². The maximum absolute atomic E-state index is 7.00. The minimum atomic E-state index is 1.00. The molecule has 0 bridgehead atoms. The number of aromatic amines is 1. The number of rotatable bonds is 4. The molecule has 13 heavy (non-hydrogen) atoms. The lowest BCUT2D eigenvalue weighted by atomic mass is 10.2. The van der Waals surface area contributed by atoms with Gasteiger partial charge in [0.15, 0.2) is 0 Å². The van der Waals surface area contributed by atoms with Gasteiger partial charge in [0.25, 0.3) is 0 Å². The van der Waals surface area contributed by atoms with E-state index in [-0.39, 0.29) is 0 Å². The van der Waals surface area contributed by atoms with Gasteiger partial charge in [0, 0.05) is 7.11 Å². The molecule has 1 aromatic rings. The fraction of sp³-hybridized carbons (Fsp3) is 0.750. The molecule has 0 aromatic carbocycles. The summed E-state index contributed by atoms with van der Waals surface area (Å²) in [5, 5.41) is 17.3. The number of aromatic nitrogens is 3. The first kappa shape index (κ1) is 12.1. The SMILES string of the molecule is CN(C)CCCc1cn[nH]n1.CO. The van der Waals surface area contributed by atoms with E-state index in [1.165, 1.54) is 0 Å². The second-order valence-corrected chi connectivity index (χ2v) is 2.87. The lowest BCUT2D eigenvalue weighted by molar-refractivity contribution is 0.399. The molecule has 0 fully saturated rings. The Morgan fingerprint density at radius 1 is 1.46 bits per heavy atom. The lowest BCUT2D eigenvalue weighted by Gasteiger charge is -2.06. The number of nitrogens with one attached hydrogen (secondary N) is 1. The van der Waals surface area contributed by atoms with Crippen LogP contribution in [0.4, 0.5) is 0 Å². The number of aliphatic hydroxyl groups is 1. The zero-order valence-corrected chi connectivity index (χ0v) is 8.49. The second kappa shape index (κ2) is 7.70. The second-order valence-electron chi connectivity index (χ2n) is 2.87. The Morgan fingerprint density at radius 2 is 2.15 bits per heavy atom. The van der Waals surface area contributed by atoms with E-state index < -0.39 is 0 Å². The van der Waals surface area contributed by atoms with Crippen LogP contribution in [0, 0.1) is 0 Å². The average molecular weight is 186 g/mol. The van der Waals surface area contributed by atoms with Crippen LogP contribution in [-0.4, -0.2) is 53.2 Å². The summed E-state index contributed by atoms with van der Waals surface area (Å²) in [4.78, 5) is 2.17. The minimum absolute atomic E-state index is 1.00. The summed E-state index contributed by atoms with van der Waals surface area (Å²) < 4.78 is 0. The third-order valence-electron chi connectivity index (χ3n) is 1.50. The molecule has 0 spiro atoms. The molecule has 0 saturated heterocycles. The highest BCUT2D eigenvalue weighted by Crippen LogP contribution is 1.95. The van der Waals surface area contributed by atoms with Crippen molar-refractivity contribution in [3.8, 4) is 0 Å². The molecule has 0 radical (unpaired) electrons. The van der Waals surface area contributed by atoms with Gasteiger partial charge >= 0.3 is 0 Å². The third-order valence-corrected chi connectivity index (χ3v) is 1.50. The van der Waals surface area contributed by atoms with Crippen molar-refractivity contribution in [1.29, 1.82) is 0 Å². The zero-order valence-electron chi connectivity index (χ0n) is 8.49. The van der Waals surface area contributed by atoms with E-state index in [0.717, 1.165) is 32.2 Å². The van der Waals surface area contributed by atoms with E-state index in [4.69, 9.17) is 5.11 Å². The molecule has 0 aliphatic rings. The largest absolute Gasteiger partial charge is 0.400 e. The van der Waals surface area contributed by atoms with Gasteiger partial charge in [-0.25, -0.2) is 0 Å². The van der Waals surface area contributed by atoms with E-state index in [0.29, 0.717) is 0 Å². The molecule has 5 nitrogen and oxygen atoms in total. The van der Waals surface area contributed by atoms with Crippen molar-refractivity contribution >= 4 is 0 Å². The first-order valence-corrected chi connectivity index (χ1v) is 4.23. The van der Waals surface area contributed by atoms with Crippen molar-refractivity contribution in [1.82, 2.24) is 20.3 Å². The molecule has 0 aliphatic carbocycles. The first-order valence-electron chi connectivity index (χ1n) is 4.23. The standard InChI is InChI=1S/C7H14N4.CH4O/c1-11(2)5-3-4-7-6-8-10-9-7;1-2/h6H,3-5H2,1-2H3,(H,8,9,10);2H,1H3. The summed E-state index contributed by atoms with van der Waals surface area (Å²) >= 11 is 0.